The number of halogens is 3. The number of nitrogens with one attached hydrogen (secondary N) is 1. The van der Waals surface area contributed by atoms with E-state index in [9.17, 15) is 8.78 Å². The van der Waals surface area contributed by atoms with E-state index < -0.39 is 6.43 Å². The maximum atomic E-state index is 12.8. The van der Waals surface area contributed by atoms with Gasteiger partial charge in [0, 0.05) is 30.2 Å². The Labute approximate surface area is 155 Å². The first-order chi connectivity index (χ1) is 12.0. The highest BCUT2D eigenvalue weighted by Gasteiger charge is 2.10. The van der Waals surface area contributed by atoms with Crippen molar-refractivity contribution < 1.29 is 8.78 Å². The molecular weight excluding hydrogens is 362 g/mol. The van der Waals surface area contributed by atoms with E-state index in [1.54, 1.807) is 10.9 Å². The van der Waals surface area contributed by atoms with Gasteiger partial charge in [0.25, 0.3) is 6.43 Å². The number of aryl methyl sites for hydroxylation is 1. The second kappa shape index (κ2) is 8.68. The predicted molar refractivity (Wildman–Crippen MR) is 99.0 cm³/mol. The fourth-order valence-electron chi connectivity index (χ4n) is 2.47. The van der Waals surface area contributed by atoms with Crippen molar-refractivity contribution in [1.82, 2.24) is 19.7 Å². The number of nitrogens with zero attached hydrogens (tertiary/aromatic N) is 4. The summed E-state index contributed by atoms with van der Waals surface area (Å²) in [4.78, 5) is 7.82. The van der Waals surface area contributed by atoms with E-state index in [2.05, 4.69) is 20.4 Å². The van der Waals surface area contributed by atoms with Crippen LogP contribution in [0.5, 0.6) is 0 Å². The van der Waals surface area contributed by atoms with Crippen molar-refractivity contribution in [3.63, 3.8) is 0 Å². The Morgan fingerprint density at radius 1 is 1.23 bits per heavy atom. The van der Waals surface area contributed by atoms with Crippen molar-refractivity contribution in [2.45, 2.75) is 19.9 Å². The number of aromatic nitrogens is 4. The average Bonchev–Trinajstić information content (AvgIpc) is 3.03. The van der Waals surface area contributed by atoms with Crippen LogP contribution in [0.3, 0.4) is 0 Å². The molecule has 6 nitrogen and oxygen atoms in total. The fourth-order valence-corrected chi connectivity index (χ4v) is 2.47. The molecule has 0 spiro atoms. The summed E-state index contributed by atoms with van der Waals surface area (Å²) in [6.45, 7) is 3.11. The quantitative estimate of drug-likeness (QED) is 0.681. The average molecular weight is 381 g/mol. The van der Waals surface area contributed by atoms with Crippen molar-refractivity contribution in [3.05, 3.63) is 54.1 Å². The molecular formula is C17H19ClF2N6. The summed E-state index contributed by atoms with van der Waals surface area (Å²) in [6.07, 6.45) is 2.36. The van der Waals surface area contributed by atoms with Crippen molar-refractivity contribution in [2.75, 3.05) is 11.9 Å². The molecule has 0 fully saturated rings. The highest BCUT2D eigenvalue weighted by molar-refractivity contribution is 5.85. The van der Waals surface area contributed by atoms with Gasteiger partial charge in [-0.2, -0.15) is 5.10 Å². The van der Waals surface area contributed by atoms with E-state index in [4.69, 9.17) is 5.73 Å². The molecule has 0 atom stereocenters. The molecule has 0 aliphatic rings. The molecule has 3 rings (SSSR count). The summed E-state index contributed by atoms with van der Waals surface area (Å²) < 4.78 is 27.3. The summed E-state index contributed by atoms with van der Waals surface area (Å²) in [5.74, 6) is 0.133. The summed E-state index contributed by atoms with van der Waals surface area (Å²) in [5, 5.41) is 7.24. The first-order valence-electron chi connectivity index (χ1n) is 7.78. The molecule has 0 saturated carbocycles. The molecule has 0 bridgehead atoms. The van der Waals surface area contributed by atoms with Crippen LogP contribution in [0.2, 0.25) is 0 Å². The van der Waals surface area contributed by atoms with Crippen molar-refractivity contribution >= 4 is 24.0 Å². The smallest absolute Gasteiger partial charge is 0.280 e. The molecule has 0 saturated heterocycles. The lowest BCUT2D eigenvalue weighted by Gasteiger charge is -2.09. The van der Waals surface area contributed by atoms with Crippen LogP contribution in [0.25, 0.3) is 11.1 Å². The lowest BCUT2D eigenvalue weighted by molar-refractivity contribution is 0.146. The number of benzene rings is 1. The van der Waals surface area contributed by atoms with E-state index in [1.807, 2.05) is 31.3 Å². The number of anilines is 2. The molecule has 3 aromatic rings. The van der Waals surface area contributed by atoms with Gasteiger partial charge in [0.05, 0.1) is 12.7 Å². The SMILES string of the molecule is Cc1cc(Nc2nccc(C(F)F)n2)cc(-c2cnn(CCN)c2)c1.Cl. The van der Waals surface area contributed by atoms with E-state index in [-0.39, 0.29) is 24.0 Å². The van der Waals surface area contributed by atoms with Crippen LogP contribution in [0.1, 0.15) is 17.7 Å². The van der Waals surface area contributed by atoms with Crippen molar-refractivity contribution in [2.24, 2.45) is 5.73 Å². The van der Waals surface area contributed by atoms with Crippen molar-refractivity contribution in [3.8, 4) is 11.1 Å². The first kappa shape index (κ1) is 19.7. The first-order valence-corrected chi connectivity index (χ1v) is 7.78. The maximum Gasteiger partial charge on any atom is 0.280 e. The second-order valence-corrected chi connectivity index (χ2v) is 5.60. The van der Waals surface area contributed by atoms with Gasteiger partial charge in [-0.25, -0.2) is 18.7 Å². The van der Waals surface area contributed by atoms with Crippen LogP contribution in [0.15, 0.2) is 42.9 Å². The Morgan fingerprint density at radius 2 is 2.04 bits per heavy atom. The zero-order chi connectivity index (χ0) is 17.8. The van der Waals surface area contributed by atoms with Gasteiger partial charge < -0.3 is 11.1 Å². The third-order valence-electron chi connectivity index (χ3n) is 3.56. The summed E-state index contributed by atoms with van der Waals surface area (Å²) in [7, 11) is 0. The van der Waals surface area contributed by atoms with Gasteiger partial charge in [-0.15, -0.1) is 12.4 Å². The molecule has 1 aromatic carbocycles. The molecule has 138 valence electrons. The predicted octanol–water partition coefficient (Wildman–Crippen LogP) is 3.71. The van der Waals surface area contributed by atoms with Crippen LogP contribution in [0, 0.1) is 6.92 Å². The van der Waals surface area contributed by atoms with Crippen LogP contribution >= 0.6 is 12.4 Å². The minimum atomic E-state index is -2.63. The monoisotopic (exact) mass is 380 g/mol. The number of nitrogens with two attached hydrogens (primary N) is 1. The van der Waals surface area contributed by atoms with Gasteiger partial charge >= 0.3 is 0 Å². The Hall–Kier alpha value is -2.58. The van der Waals surface area contributed by atoms with E-state index in [0.717, 1.165) is 16.7 Å². The van der Waals surface area contributed by atoms with Crippen LogP contribution in [-0.2, 0) is 6.54 Å². The molecule has 0 radical (unpaired) electrons. The Bertz CT molecular complexity index is 868. The minimum Gasteiger partial charge on any atom is -0.329 e. The highest BCUT2D eigenvalue weighted by Crippen LogP contribution is 2.26. The molecule has 9 heteroatoms. The van der Waals surface area contributed by atoms with Gasteiger partial charge in [-0.05, 0) is 36.2 Å². The van der Waals surface area contributed by atoms with Crippen LogP contribution < -0.4 is 11.1 Å². The molecule has 0 aliphatic carbocycles. The molecule has 0 aliphatic heterocycles. The molecule has 26 heavy (non-hydrogen) atoms. The van der Waals surface area contributed by atoms with Crippen molar-refractivity contribution in [1.29, 1.82) is 0 Å². The van der Waals surface area contributed by atoms with E-state index in [1.165, 1.54) is 12.3 Å². The van der Waals surface area contributed by atoms with Gasteiger partial charge in [-0.1, -0.05) is 6.07 Å². The molecule has 2 heterocycles. The minimum absolute atomic E-state index is 0. The largest absolute Gasteiger partial charge is 0.329 e. The summed E-state index contributed by atoms with van der Waals surface area (Å²) >= 11 is 0. The topological polar surface area (TPSA) is 81.7 Å². The second-order valence-electron chi connectivity index (χ2n) is 5.60. The van der Waals surface area contributed by atoms with E-state index in [0.29, 0.717) is 18.8 Å². The molecule has 0 unspecified atom stereocenters. The Morgan fingerprint density at radius 3 is 2.77 bits per heavy atom. The number of rotatable bonds is 6. The highest BCUT2D eigenvalue weighted by atomic mass is 35.5. The van der Waals surface area contributed by atoms with Gasteiger partial charge in [0.2, 0.25) is 5.95 Å². The third-order valence-corrected chi connectivity index (χ3v) is 3.56. The maximum absolute atomic E-state index is 12.8. The van der Waals surface area contributed by atoms with Gasteiger partial charge in [-0.3, -0.25) is 4.68 Å². The number of hydrogen-bond donors (Lipinski definition) is 2. The Balaban J connectivity index is 0.00000243. The number of hydrogen-bond acceptors (Lipinski definition) is 5. The Kier molecular flexibility index (Phi) is 6.59. The zero-order valence-electron chi connectivity index (χ0n) is 14.1. The van der Waals surface area contributed by atoms with Crippen LogP contribution in [0.4, 0.5) is 20.4 Å². The standard InChI is InChI=1S/C17H18F2N6.ClH/c1-11-6-12(13-9-22-25(10-13)5-3-20)8-14(7-11)23-17-21-4-2-15(24-17)16(18)19;/h2,4,6-10,16H,3,5,20H2,1H3,(H,21,23,24);1H. The molecule has 3 N–H and O–H groups in total. The van der Waals surface area contributed by atoms with Crippen LogP contribution in [-0.4, -0.2) is 26.3 Å². The van der Waals surface area contributed by atoms with E-state index >= 15 is 0 Å². The summed E-state index contributed by atoms with van der Waals surface area (Å²) in [6, 6.07) is 7.01. The molecule has 2 aromatic heterocycles. The fraction of sp³-hybridized carbons (Fsp3) is 0.235. The lowest BCUT2D eigenvalue weighted by atomic mass is 10.1. The lowest BCUT2D eigenvalue weighted by Crippen LogP contribution is -2.09. The molecule has 0 amide bonds. The third kappa shape index (κ3) is 4.74. The zero-order valence-corrected chi connectivity index (χ0v) is 14.9. The normalized spacial score (nSPS) is 10.7. The van der Waals surface area contributed by atoms with Gasteiger partial charge in [0.15, 0.2) is 0 Å². The van der Waals surface area contributed by atoms with Gasteiger partial charge in [0.1, 0.15) is 5.69 Å². The number of alkyl halides is 2. The summed E-state index contributed by atoms with van der Waals surface area (Å²) in [5.41, 5.74) is 8.85.